The minimum Gasteiger partial charge on any atom is -0.261 e. The summed E-state index contributed by atoms with van der Waals surface area (Å²) in [7, 11) is 0.710. The van der Waals surface area contributed by atoms with Crippen LogP contribution in [0.2, 0.25) is 0 Å². The molecule has 2 nitrogen and oxygen atoms in total. The highest BCUT2D eigenvalue weighted by atomic mass is 35.6. The molecule has 9 heavy (non-hydrogen) atoms. The van der Waals surface area contributed by atoms with Gasteiger partial charge in [0, 0.05) is 8.35 Å². The van der Waals surface area contributed by atoms with Crippen molar-refractivity contribution < 1.29 is 4.84 Å². The Labute approximate surface area is 69.4 Å². The highest BCUT2D eigenvalue weighted by molar-refractivity contribution is 7.34. The molecule has 0 aromatic carbocycles. The fourth-order valence-corrected chi connectivity index (χ4v) is 1.43. The van der Waals surface area contributed by atoms with Gasteiger partial charge in [-0.25, -0.2) is 0 Å². The van der Waals surface area contributed by atoms with Gasteiger partial charge in [-0.05, 0) is 0 Å². The molecule has 0 aliphatic carbocycles. The van der Waals surface area contributed by atoms with Crippen molar-refractivity contribution in [3.05, 3.63) is 0 Å². The van der Waals surface area contributed by atoms with Crippen molar-refractivity contribution >= 4 is 49.5 Å². The minimum absolute atomic E-state index is 0.415. The molecule has 1 rings (SSSR count). The van der Waals surface area contributed by atoms with Crippen molar-refractivity contribution in [3.8, 4) is 0 Å². The van der Waals surface area contributed by atoms with Crippen LogP contribution in [0.15, 0.2) is 0 Å². The van der Waals surface area contributed by atoms with E-state index in [9.17, 15) is 0 Å². The lowest BCUT2D eigenvalue weighted by Gasteiger charge is -2.02. The molecule has 1 saturated heterocycles. The van der Waals surface area contributed by atoms with Crippen molar-refractivity contribution in [3.63, 3.8) is 0 Å². The summed E-state index contributed by atoms with van der Waals surface area (Å²) in [5.41, 5.74) is 0. The predicted molar refractivity (Wildman–Crippen MR) is 41.0 cm³/mol. The van der Waals surface area contributed by atoms with E-state index in [4.69, 9.17) is 39.6 Å². The van der Waals surface area contributed by atoms with Crippen molar-refractivity contribution in [2.75, 3.05) is 0 Å². The third kappa shape index (κ3) is 1.94. The first-order valence-corrected chi connectivity index (χ1v) is 4.21. The zero-order valence-corrected chi connectivity index (χ0v) is 7.38. The molecule has 0 saturated carbocycles. The van der Waals surface area contributed by atoms with Crippen LogP contribution in [-0.4, -0.2) is 21.2 Å². The third-order valence-corrected chi connectivity index (χ3v) is 1.93. The van der Waals surface area contributed by atoms with E-state index in [1.165, 1.54) is 4.83 Å². The minimum atomic E-state index is -1.34. The molecule has 0 spiro atoms. The Morgan fingerprint density at radius 2 is 2.11 bits per heavy atom. The molecule has 0 N–H and O–H groups in total. The highest BCUT2D eigenvalue weighted by Crippen LogP contribution is 2.45. The highest BCUT2D eigenvalue weighted by Gasteiger charge is 2.51. The fourth-order valence-electron chi connectivity index (χ4n) is 0.368. The molecule has 0 aromatic heterocycles. The first-order chi connectivity index (χ1) is 4.05. The molecule has 1 aliphatic rings. The Morgan fingerprint density at radius 3 is 2.22 bits per heavy atom. The Kier molecular flexibility index (Phi) is 2.27. The number of hydroxylamine groups is 1. The molecule has 0 radical (unpaired) electrons. The van der Waals surface area contributed by atoms with Gasteiger partial charge in [0.2, 0.25) is 10.0 Å². The molecule has 1 heterocycles. The third-order valence-electron chi connectivity index (χ3n) is 0.782. The van der Waals surface area contributed by atoms with E-state index < -0.39 is 10.0 Å². The predicted octanol–water partition coefficient (Wildman–Crippen LogP) is 2.22. The van der Waals surface area contributed by atoms with Crippen molar-refractivity contribution in [2.24, 2.45) is 0 Å². The van der Waals surface area contributed by atoms with Gasteiger partial charge in [0.15, 0.2) is 0 Å². The zero-order valence-electron chi connectivity index (χ0n) is 4.22. The molecular formula is C3H3Cl3NOP. The summed E-state index contributed by atoms with van der Waals surface area (Å²) < 4.78 is -1.34. The zero-order chi connectivity index (χ0) is 7.07. The Hall–Kier alpha value is 0.960. The van der Waals surface area contributed by atoms with Gasteiger partial charge in [0.25, 0.3) is 0 Å². The van der Waals surface area contributed by atoms with Gasteiger partial charge in [-0.3, -0.25) is 4.84 Å². The normalized spacial score (nSPS) is 35.0. The summed E-state index contributed by atoms with van der Waals surface area (Å²) in [5.74, 6) is 0. The first kappa shape index (κ1) is 8.06. The van der Waals surface area contributed by atoms with Crippen LogP contribution in [0, 0.1) is 0 Å². The van der Waals surface area contributed by atoms with Gasteiger partial charge in [-0.15, -0.1) is 4.83 Å². The van der Waals surface area contributed by atoms with Crippen LogP contribution in [0.3, 0.4) is 0 Å². The second-order valence-corrected chi connectivity index (χ2v) is 4.49. The number of alkyl halides is 3. The smallest absolute Gasteiger partial charge is 0.234 e. The maximum absolute atomic E-state index is 5.44. The van der Waals surface area contributed by atoms with E-state index in [0.717, 1.165) is 0 Å². The number of rotatable bonds is 1. The molecular weight excluding hydrogens is 203 g/mol. The Morgan fingerprint density at radius 1 is 1.56 bits per heavy atom. The second-order valence-electron chi connectivity index (χ2n) is 1.44. The standard InChI is InChI=1S/C3H3Cl3NOP/c1-9-7-2(8-7)3(4,5)6/h2H,1H2. The van der Waals surface area contributed by atoms with Crippen LogP contribution in [0.4, 0.5) is 0 Å². The molecule has 52 valence electrons. The van der Waals surface area contributed by atoms with Crippen molar-refractivity contribution in [1.82, 2.24) is 4.83 Å². The number of hydrogen-bond acceptors (Lipinski definition) is 2. The summed E-state index contributed by atoms with van der Waals surface area (Å²) in [6, 6.07) is 0. The molecule has 6 heteroatoms. The quantitative estimate of drug-likeness (QED) is 0.371. The van der Waals surface area contributed by atoms with E-state index in [0.29, 0.717) is 8.35 Å². The van der Waals surface area contributed by atoms with Gasteiger partial charge in [-0.1, -0.05) is 41.1 Å². The van der Waals surface area contributed by atoms with Gasteiger partial charge in [0.05, 0.1) is 0 Å². The van der Waals surface area contributed by atoms with Gasteiger partial charge in [0.1, 0.15) is 0 Å². The summed E-state index contributed by atoms with van der Waals surface area (Å²) in [5, 5.41) is 0. The van der Waals surface area contributed by atoms with Gasteiger partial charge >= 0.3 is 0 Å². The summed E-state index contributed by atoms with van der Waals surface area (Å²) in [6.07, 6.45) is 3.09. The lowest BCUT2D eigenvalue weighted by Crippen LogP contribution is -2.13. The van der Waals surface area contributed by atoms with E-state index in [1.54, 1.807) is 0 Å². The molecule has 1 fully saturated rings. The molecule has 1 aliphatic heterocycles. The maximum atomic E-state index is 5.44. The molecule has 0 bridgehead atoms. The monoisotopic (exact) mass is 205 g/mol. The molecule has 2 unspecified atom stereocenters. The summed E-state index contributed by atoms with van der Waals surface area (Å²) in [4.78, 5) is 6.26. The largest absolute Gasteiger partial charge is 0.261 e. The maximum Gasteiger partial charge on any atom is 0.234 e. The van der Waals surface area contributed by atoms with Crippen LogP contribution >= 0.6 is 43.2 Å². The summed E-state index contributed by atoms with van der Waals surface area (Å²) in [6.45, 7) is 0. The van der Waals surface area contributed by atoms with E-state index in [1.807, 2.05) is 0 Å². The van der Waals surface area contributed by atoms with E-state index in [-0.39, 0.29) is 0 Å². The average molecular weight is 206 g/mol. The first-order valence-electron chi connectivity index (χ1n) is 2.05. The second kappa shape index (κ2) is 2.54. The summed E-state index contributed by atoms with van der Waals surface area (Å²) >= 11 is 16.3. The number of halogens is 3. The lowest BCUT2D eigenvalue weighted by molar-refractivity contribution is 0.298. The molecule has 2 atom stereocenters. The topological polar surface area (TPSA) is 15.5 Å². The van der Waals surface area contributed by atoms with Crippen LogP contribution < -0.4 is 0 Å². The Bertz CT molecular complexity index is 136. The van der Waals surface area contributed by atoms with Crippen LogP contribution in [0.1, 0.15) is 0 Å². The number of nitrogens with zero attached hydrogens (tertiary/aromatic N) is 1. The van der Waals surface area contributed by atoms with Crippen LogP contribution in [0.5, 0.6) is 0 Å². The fraction of sp³-hybridized carbons (Fsp3) is 0.667. The lowest BCUT2D eigenvalue weighted by atomic mass is 10.7. The average Bonchev–Trinajstić information content (AvgIpc) is 2.39. The molecule has 0 aromatic rings. The van der Waals surface area contributed by atoms with Crippen molar-refractivity contribution in [1.29, 1.82) is 0 Å². The van der Waals surface area contributed by atoms with Crippen LogP contribution in [-0.2, 0) is 4.84 Å². The van der Waals surface area contributed by atoms with Crippen LogP contribution in [0.25, 0.3) is 0 Å². The van der Waals surface area contributed by atoms with Crippen molar-refractivity contribution in [2.45, 2.75) is 10.0 Å². The Balaban J connectivity index is 2.42. The SMILES string of the molecule is C=PN1OC1C(Cl)(Cl)Cl. The van der Waals surface area contributed by atoms with Gasteiger partial charge in [-0.2, -0.15) is 0 Å². The molecule has 0 amide bonds. The van der Waals surface area contributed by atoms with E-state index >= 15 is 0 Å². The number of hydrogen-bond donors (Lipinski definition) is 0. The van der Waals surface area contributed by atoms with Gasteiger partial charge < -0.3 is 0 Å². The van der Waals surface area contributed by atoms with E-state index in [2.05, 4.69) is 6.30 Å².